The van der Waals surface area contributed by atoms with Crippen molar-refractivity contribution in [2.45, 2.75) is 36.9 Å². The fourth-order valence-corrected chi connectivity index (χ4v) is 4.94. The highest BCUT2D eigenvalue weighted by atomic mass is 35.5. The van der Waals surface area contributed by atoms with Crippen molar-refractivity contribution in [3.05, 3.63) is 69.1 Å². The summed E-state index contributed by atoms with van der Waals surface area (Å²) in [6.07, 6.45) is 5.16. The molecule has 1 N–H and O–H groups in total. The normalized spacial score (nSPS) is 25.6. The number of fused-ring (bicyclic) bond motifs is 5. The second-order valence-electron chi connectivity index (χ2n) is 7.04. The number of nitrogens with zero attached hydrogens (tertiary/aromatic N) is 1. The van der Waals surface area contributed by atoms with E-state index in [1.165, 1.54) is 5.56 Å². The van der Waals surface area contributed by atoms with Crippen molar-refractivity contribution in [2.24, 2.45) is 0 Å². The van der Waals surface area contributed by atoms with Gasteiger partial charge in [0.05, 0.1) is 0 Å². The summed E-state index contributed by atoms with van der Waals surface area (Å²) in [6, 6.07) is 9.92. The minimum absolute atomic E-state index is 0. The minimum Gasteiger partial charge on any atom is -0.618 e. The number of halogens is 2. The van der Waals surface area contributed by atoms with Crippen molar-refractivity contribution in [2.75, 3.05) is 13.1 Å². The van der Waals surface area contributed by atoms with E-state index < -0.39 is 5.60 Å². The van der Waals surface area contributed by atoms with Crippen LogP contribution in [0.25, 0.3) is 0 Å². The first-order valence-corrected chi connectivity index (χ1v) is 8.95. The van der Waals surface area contributed by atoms with Crippen LogP contribution in [0, 0.1) is 5.21 Å². The van der Waals surface area contributed by atoms with Crippen molar-refractivity contribution >= 4 is 24.0 Å². The lowest BCUT2D eigenvalue weighted by Crippen LogP contribution is -2.44. The first-order chi connectivity index (χ1) is 11.7. The molecule has 4 nitrogen and oxygen atoms in total. The second-order valence-corrected chi connectivity index (χ2v) is 7.47. The van der Waals surface area contributed by atoms with Gasteiger partial charge in [0.25, 0.3) is 0 Å². The van der Waals surface area contributed by atoms with Crippen molar-refractivity contribution < 1.29 is 9.47 Å². The van der Waals surface area contributed by atoms with Crippen LogP contribution >= 0.6 is 24.0 Å². The molecular weight excluding hydrogens is 359 g/mol. The van der Waals surface area contributed by atoms with Crippen LogP contribution in [-0.4, -0.2) is 18.7 Å². The van der Waals surface area contributed by atoms with Crippen LogP contribution in [0.3, 0.4) is 0 Å². The Bertz CT molecular complexity index is 836. The zero-order valence-corrected chi connectivity index (χ0v) is 15.3. The van der Waals surface area contributed by atoms with E-state index in [-0.39, 0.29) is 18.0 Å². The first-order valence-electron chi connectivity index (χ1n) is 8.58. The summed E-state index contributed by atoms with van der Waals surface area (Å²) in [7, 11) is 0. The van der Waals surface area contributed by atoms with E-state index in [9.17, 15) is 5.21 Å². The first kappa shape index (κ1) is 17.1. The SMILES string of the molecule is Cl.[O-][n+]1cccc2c1C1(OC13CCNCC3)c1ccc(Cl)cc1CC2. The van der Waals surface area contributed by atoms with Gasteiger partial charge in [0, 0.05) is 22.2 Å². The Morgan fingerprint density at radius 3 is 2.68 bits per heavy atom. The molecule has 0 radical (unpaired) electrons. The highest BCUT2D eigenvalue weighted by Crippen LogP contribution is 2.65. The fourth-order valence-electron chi connectivity index (χ4n) is 4.74. The number of hydrogen-bond donors (Lipinski definition) is 1. The smallest absolute Gasteiger partial charge is 0.235 e. The van der Waals surface area contributed by atoms with Crippen molar-refractivity contribution in [1.82, 2.24) is 5.32 Å². The Labute approximate surface area is 158 Å². The molecule has 1 aromatic carbocycles. The molecule has 2 spiro atoms. The molecule has 5 rings (SSSR count). The molecule has 1 aliphatic carbocycles. The molecule has 1 atom stereocenters. The highest BCUT2D eigenvalue weighted by Gasteiger charge is 2.76. The monoisotopic (exact) mass is 378 g/mol. The summed E-state index contributed by atoms with van der Waals surface area (Å²) < 4.78 is 7.55. The molecule has 2 fully saturated rings. The second kappa shape index (κ2) is 5.85. The lowest BCUT2D eigenvalue weighted by Gasteiger charge is -2.25. The van der Waals surface area contributed by atoms with Gasteiger partial charge in [-0.3, -0.25) is 0 Å². The number of epoxide rings is 1. The van der Waals surface area contributed by atoms with Crippen molar-refractivity contribution in [3.8, 4) is 0 Å². The van der Waals surface area contributed by atoms with Gasteiger partial charge < -0.3 is 15.3 Å². The molecule has 2 aromatic rings. The number of nitrogens with one attached hydrogen (secondary N) is 1. The zero-order chi connectivity index (χ0) is 16.4. The van der Waals surface area contributed by atoms with E-state index in [0.29, 0.717) is 0 Å². The predicted molar refractivity (Wildman–Crippen MR) is 98.2 cm³/mol. The number of piperidine rings is 1. The number of hydrogen-bond acceptors (Lipinski definition) is 3. The zero-order valence-electron chi connectivity index (χ0n) is 13.8. The van der Waals surface area contributed by atoms with Crippen LogP contribution in [0.4, 0.5) is 0 Å². The fraction of sp³-hybridized carbons (Fsp3) is 0.421. The number of pyridine rings is 1. The van der Waals surface area contributed by atoms with Crippen LogP contribution in [0.15, 0.2) is 36.5 Å². The maximum absolute atomic E-state index is 12.8. The van der Waals surface area contributed by atoms with Gasteiger partial charge in [-0.15, -0.1) is 12.4 Å². The Hall–Kier alpha value is -1.33. The number of aromatic nitrogens is 1. The predicted octanol–water partition coefficient (Wildman–Crippen LogP) is 2.89. The van der Waals surface area contributed by atoms with Crippen LogP contribution in [0.1, 0.15) is 35.2 Å². The lowest BCUT2D eigenvalue weighted by molar-refractivity contribution is -0.618. The third-order valence-electron chi connectivity index (χ3n) is 5.85. The third-order valence-corrected chi connectivity index (χ3v) is 6.08. The molecule has 3 aliphatic rings. The average molecular weight is 379 g/mol. The van der Waals surface area contributed by atoms with Gasteiger partial charge in [-0.1, -0.05) is 17.7 Å². The summed E-state index contributed by atoms with van der Waals surface area (Å²) >= 11 is 6.25. The molecule has 0 amide bonds. The molecule has 6 heteroatoms. The maximum Gasteiger partial charge on any atom is 0.235 e. The molecule has 3 heterocycles. The molecular formula is C19H20Cl2N2O2. The van der Waals surface area contributed by atoms with Gasteiger partial charge in [0.15, 0.2) is 6.20 Å². The maximum atomic E-state index is 12.8. The Kier molecular flexibility index (Phi) is 4.00. The van der Waals surface area contributed by atoms with Crippen LogP contribution in [0.2, 0.25) is 5.02 Å². The number of rotatable bonds is 0. The Morgan fingerprint density at radius 1 is 1.12 bits per heavy atom. The van der Waals surface area contributed by atoms with Gasteiger partial charge in [-0.25, -0.2) is 0 Å². The van der Waals surface area contributed by atoms with Gasteiger partial charge in [-0.05, 0) is 62.5 Å². The quantitative estimate of drug-likeness (QED) is 0.435. The molecule has 0 saturated carbocycles. The highest BCUT2D eigenvalue weighted by molar-refractivity contribution is 6.30. The molecule has 0 bridgehead atoms. The number of ether oxygens (including phenoxy) is 1. The molecule has 2 saturated heterocycles. The molecule has 1 aromatic heterocycles. The summed E-state index contributed by atoms with van der Waals surface area (Å²) in [5, 5.41) is 16.9. The molecule has 132 valence electrons. The number of benzene rings is 1. The summed E-state index contributed by atoms with van der Waals surface area (Å²) in [5.41, 5.74) is 3.32. The Balaban J connectivity index is 0.00000157. The van der Waals surface area contributed by atoms with Gasteiger partial charge in [0.1, 0.15) is 5.60 Å². The van der Waals surface area contributed by atoms with Gasteiger partial charge in [-0.2, -0.15) is 4.73 Å². The van der Waals surface area contributed by atoms with E-state index >= 15 is 0 Å². The van der Waals surface area contributed by atoms with Crippen LogP contribution < -0.4 is 10.0 Å². The molecule has 1 unspecified atom stereocenters. The van der Waals surface area contributed by atoms with Gasteiger partial charge >= 0.3 is 0 Å². The van der Waals surface area contributed by atoms with E-state index in [0.717, 1.165) is 65.3 Å². The van der Waals surface area contributed by atoms with E-state index in [2.05, 4.69) is 17.4 Å². The lowest BCUT2D eigenvalue weighted by atomic mass is 9.77. The topological polar surface area (TPSA) is 51.5 Å². The van der Waals surface area contributed by atoms with Crippen LogP contribution in [0.5, 0.6) is 0 Å². The third kappa shape index (κ3) is 2.25. The summed E-state index contributed by atoms with van der Waals surface area (Å²) in [6.45, 7) is 1.84. The largest absolute Gasteiger partial charge is 0.618 e. The molecule has 2 aliphatic heterocycles. The van der Waals surface area contributed by atoms with E-state index in [4.69, 9.17) is 16.3 Å². The molecule has 25 heavy (non-hydrogen) atoms. The number of aryl methyl sites for hydroxylation is 2. The Morgan fingerprint density at radius 2 is 1.88 bits per heavy atom. The summed E-state index contributed by atoms with van der Waals surface area (Å²) in [5.74, 6) is 0. The van der Waals surface area contributed by atoms with Gasteiger partial charge in [0.2, 0.25) is 11.3 Å². The van der Waals surface area contributed by atoms with E-state index in [1.807, 2.05) is 18.2 Å². The van der Waals surface area contributed by atoms with E-state index in [1.54, 1.807) is 6.20 Å². The van der Waals surface area contributed by atoms with Crippen molar-refractivity contribution in [3.63, 3.8) is 0 Å². The standard InChI is InChI=1S/C19H19ClN2O2.ClH/c20-15-5-6-16-14(12-15)4-3-13-2-1-11-22(23)17(13)19(16)18(24-19)7-9-21-10-8-18;/h1-2,5-6,11-12,21H,3-4,7-10H2;1H. The van der Waals surface area contributed by atoms with Crippen LogP contribution in [-0.2, 0) is 23.2 Å². The minimum atomic E-state index is -0.621. The average Bonchev–Trinajstić information content (AvgIpc) is 3.23. The van der Waals surface area contributed by atoms with Crippen molar-refractivity contribution in [1.29, 1.82) is 0 Å². The summed E-state index contributed by atoms with van der Waals surface area (Å²) in [4.78, 5) is 0.